The van der Waals surface area contributed by atoms with Crippen LogP contribution in [0.2, 0.25) is 0 Å². The molecule has 0 aromatic heterocycles. The molecule has 78 valence electrons. The van der Waals surface area contributed by atoms with Crippen LogP contribution in [0.1, 0.15) is 59.3 Å². The molecule has 2 atom stereocenters. The van der Waals surface area contributed by atoms with Crippen LogP contribution in [0.15, 0.2) is 0 Å². The first-order chi connectivity index (χ1) is 6.02. The predicted octanol–water partition coefficient (Wildman–Crippen LogP) is 3.36. The zero-order valence-corrected chi connectivity index (χ0v) is 9.34. The van der Waals surface area contributed by atoms with E-state index in [-0.39, 0.29) is 5.60 Å². The quantitative estimate of drug-likeness (QED) is 0.710. The molecule has 0 spiro atoms. The van der Waals surface area contributed by atoms with Gasteiger partial charge in [-0.15, -0.1) is 0 Å². The fourth-order valence-corrected chi connectivity index (χ4v) is 2.43. The van der Waals surface area contributed by atoms with Crippen LogP contribution in [-0.2, 0) is 0 Å². The van der Waals surface area contributed by atoms with E-state index < -0.39 is 0 Å². The Morgan fingerprint density at radius 3 is 2.62 bits per heavy atom. The molecule has 1 rings (SSSR count). The van der Waals surface area contributed by atoms with Gasteiger partial charge in [0.05, 0.1) is 5.60 Å². The molecule has 2 unspecified atom stereocenters. The van der Waals surface area contributed by atoms with Crippen LogP contribution >= 0.6 is 0 Å². The summed E-state index contributed by atoms with van der Waals surface area (Å²) in [5.41, 5.74) is -0.297. The summed E-state index contributed by atoms with van der Waals surface area (Å²) in [5.74, 6) is 1.52. The number of aliphatic hydroxyl groups is 1. The fourth-order valence-electron chi connectivity index (χ4n) is 2.43. The summed E-state index contributed by atoms with van der Waals surface area (Å²) < 4.78 is 0. The van der Waals surface area contributed by atoms with Gasteiger partial charge in [-0.05, 0) is 37.5 Å². The molecular weight excluding hydrogens is 160 g/mol. The number of hydrogen-bond acceptors (Lipinski definition) is 1. The maximum Gasteiger partial charge on any atom is 0.0650 e. The largest absolute Gasteiger partial charge is 0.390 e. The maximum atomic E-state index is 10.2. The third kappa shape index (κ3) is 3.68. The van der Waals surface area contributed by atoms with Gasteiger partial charge in [0.25, 0.3) is 0 Å². The zero-order valence-electron chi connectivity index (χ0n) is 9.34. The molecule has 13 heavy (non-hydrogen) atoms. The van der Waals surface area contributed by atoms with Gasteiger partial charge in [-0.1, -0.05) is 33.6 Å². The molecule has 1 N–H and O–H groups in total. The normalized spacial score (nSPS) is 34.4. The zero-order chi connectivity index (χ0) is 9.90. The predicted molar refractivity (Wildman–Crippen MR) is 56.7 cm³/mol. The van der Waals surface area contributed by atoms with Gasteiger partial charge in [-0.25, -0.2) is 0 Å². The second kappa shape index (κ2) is 4.45. The monoisotopic (exact) mass is 184 g/mol. The van der Waals surface area contributed by atoms with Crippen LogP contribution in [0.5, 0.6) is 0 Å². The first kappa shape index (κ1) is 11.0. The van der Waals surface area contributed by atoms with Crippen molar-refractivity contribution in [1.82, 2.24) is 0 Å². The summed E-state index contributed by atoms with van der Waals surface area (Å²) in [7, 11) is 0. The lowest BCUT2D eigenvalue weighted by molar-refractivity contribution is 0.0321. The summed E-state index contributed by atoms with van der Waals surface area (Å²) in [4.78, 5) is 0. The van der Waals surface area contributed by atoms with Crippen LogP contribution in [-0.4, -0.2) is 10.7 Å². The van der Waals surface area contributed by atoms with E-state index in [0.717, 1.165) is 31.1 Å². The molecule has 0 radical (unpaired) electrons. The lowest BCUT2D eigenvalue weighted by atomic mass is 9.92. The summed E-state index contributed by atoms with van der Waals surface area (Å²) in [6.07, 6.45) is 6.77. The number of rotatable bonds is 4. The molecule has 0 bridgehead atoms. The highest BCUT2D eigenvalue weighted by Gasteiger charge is 2.34. The molecule has 0 aromatic carbocycles. The molecule has 0 heterocycles. The topological polar surface area (TPSA) is 20.2 Å². The van der Waals surface area contributed by atoms with Gasteiger partial charge in [0, 0.05) is 0 Å². The van der Waals surface area contributed by atoms with Gasteiger partial charge >= 0.3 is 0 Å². The van der Waals surface area contributed by atoms with E-state index in [0.29, 0.717) is 0 Å². The van der Waals surface area contributed by atoms with E-state index in [1.54, 1.807) is 0 Å². The van der Waals surface area contributed by atoms with Crippen LogP contribution in [0.25, 0.3) is 0 Å². The van der Waals surface area contributed by atoms with Gasteiger partial charge in [-0.2, -0.15) is 0 Å². The average molecular weight is 184 g/mol. The molecule has 1 saturated carbocycles. The van der Waals surface area contributed by atoms with Crippen molar-refractivity contribution < 1.29 is 5.11 Å². The Bertz CT molecular complexity index is 153. The Hall–Kier alpha value is -0.0400. The van der Waals surface area contributed by atoms with E-state index in [4.69, 9.17) is 0 Å². The van der Waals surface area contributed by atoms with Crippen molar-refractivity contribution in [2.75, 3.05) is 0 Å². The summed E-state index contributed by atoms with van der Waals surface area (Å²) in [5, 5.41) is 10.2. The molecule has 0 amide bonds. The Labute approximate surface area is 82.5 Å². The van der Waals surface area contributed by atoms with Crippen molar-refractivity contribution in [2.24, 2.45) is 11.8 Å². The van der Waals surface area contributed by atoms with Crippen LogP contribution in [0.3, 0.4) is 0 Å². The van der Waals surface area contributed by atoms with Crippen molar-refractivity contribution in [3.05, 3.63) is 0 Å². The molecule has 1 aliphatic rings. The third-order valence-electron chi connectivity index (χ3n) is 3.25. The van der Waals surface area contributed by atoms with E-state index >= 15 is 0 Å². The lowest BCUT2D eigenvalue weighted by Crippen LogP contribution is -2.24. The highest BCUT2D eigenvalue weighted by atomic mass is 16.3. The van der Waals surface area contributed by atoms with Gasteiger partial charge in [0.15, 0.2) is 0 Å². The Morgan fingerprint density at radius 1 is 1.46 bits per heavy atom. The average Bonchev–Trinajstić information content (AvgIpc) is 2.30. The van der Waals surface area contributed by atoms with Crippen LogP contribution in [0.4, 0.5) is 0 Å². The second-order valence-corrected chi connectivity index (χ2v) is 5.36. The van der Waals surface area contributed by atoms with Gasteiger partial charge in [-0.3, -0.25) is 0 Å². The molecule has 1 nitrogen and oxygen atoms in total. The molecule has 0 aliphatic heterocycles. The molecule has 0 aromatic rings. The molecule has 1 heteroatoms. The minimum atomic E-state index is -0.297. The summed E-state index contributed by atoms with van der Waals surface area (Å²) in [6, 6.07) is 0. The highest BCUT2D eigenvalue weighted by Crippen LogP contribution is 2.37. The minimum absolute atomic E-state index is 0.297. The van der Waals surface area contributed by atoms with Crippen molar-refractivity contribution in [3.63, 3.8) is 0 Å². The highest BCUT2D eigenvalue weighted by molar-refractivity contribution is 4.87. The van der Waals surface area contributed by atoms with Crippen LogP contribution in [0, 0.1) is 11.8 Å². The van der Waals surface area contributed by atoms with Crippen LogP contribution < -0.4 is 0 Å². The first-order valence-electron chi connectivity index (χ1n) is 5.74. The SMILES string of the molecule is CC(C)CCCC1(O)CCC(C)C1. The Balaban J connectivity index is 2.20. The van der Waals surface area contributed by atoms with Crippen molar-refractivity contribution in [3.8, 4) is 0 Å². The Kier molecular flexibility index (Phi) is 3.78. The lowest BCUT2D eigenvalue weighted by Gasteiger charge is -2.22. The molecule has 1 aliphatic carbocycles. The summed E-state index contributed by atoms with van der Waals surface area (Å²) in [6.45, 7) is 6.75. The number of hydrogen-bond donors (Lipinski definition) is 1. The van der Waals surface area contributed by atoms with Gasteiger partial charge in [0.2, 0.25) is 0 Å². The van der Waals surface area contributed by atoms with Gasteiger partial charge in [0.1, 0.15) is 0 Å². The van der Waals surface area contributed by atoms with E-state index in [1.807, 2.05) is 0 Å². The maximum absolute atomic E-state index is 10.2. The van der Waals surface area contributed by atoms with E-state index in [1.165, 1.54) is 19.3 Å². The standard InChI is InChI=1S/C12H24O/c1-10(2)5-4-7-12(13)8-6-11(3)9-12/h10-11,13H,4-9H2,1-3H3. The third-order valence-corrected chi connectivity index (χ3v) is 3.25. The molecular formula is C12H24O. The van der Waals surface area contributed by atoms with E-state index in [2.05, 4.69) is 20.8 Å². The van der Waals surface area contributed by atoms with Gasteiger partial charge < -0.3 is 5.11 Å². The van der Waals surface area contributed by atoms with Crippen molar-refractivity contribution >= 4 is 0 Å². The van der Waals surface area contributed by atoms with Crippen molar-refractivity contribution in [1.29, 1.82) is 0 Å². The molecule has 1 fully saturated rings. The smallest absolute Gasteiger partial charge is 0.0650 e. The Morgan fingerprint density at radius 2 is 2.15 bits per heavy atom. The minimum Gasteiger partial charge on any atom is -0.390 e. The van der Waals surface area contributed by atoms with Crippen molar-refractivity contribution in [2.45, 2.75) is 64.9 Å². The fraction of sp³-hybridized carbons (Fsp3) is 1.00. The molecule has 0 saturated heterocycles. The second-order valence-electron chi connectivity index (χ2n) is 5.36. The first-order valence-corrected chi connectivity index (χ1v) is 5.74. The summed E-state index contributed by atoms with van der Waals surface area (Å²) >= 11 is 0. The van der Waals surface area contributed by atoms with E-state index in [9.17, 15) is 5.11 Å².